The normalized spacial score (nSPS) is 23.1. The predicted molar refractivity (Wildman–Crippen MR) is 107 cm³/mol. The van der Waals surface area contributed by atoms with E-state index in [4.69, 9.17) is 11.6 Å². The van der Waals surface area contributed by atoms with Gasteiger partial charge < -0.3 is 4.90 Å². The molecule has 1 aromatic carbocycles. The van der Waals surface area contributed by atoms with Crippen molar-refractivity contribution in [3.05, 3.63) is 40.7 Å². The number of carbonyl (C=O) groups excluding carboxylic acids is 1. The topological polar surface area (TPSA) is 67.2 Å². The van der Waals surface area contributed by atoms with Crippen LogP contribution >= 0.6 is 11.6 Å². The molecule has 2 heterocycles. The predicted octanol–water partition coefficient (Wildman–Crippen LogP) is 2.67. The number of hydrogen-bond acceptors (Lipinski definition) is 5. The highest BCUT2D eigenvalue weighted by molar-refractivity contribution is 6.31. The van der Waals surface area contributed by atoms with Crippen LogP contribution in [0.3, 0.4) is 0 Å². The first-order chi connectivity index (χ1) is 13.5. The Morgan fingerprint density at radius 2 is 2.04 bits per heavy atom. The van der Waals surface area contributed by atoms with Crippen molar-refractivity contribution in [2.24, 2.45) is 0 Å². The Morgan fingerprint density at radius 3 is 2.75 bits per heavy atom. The van der Waals surface area contributed by atoms with E-state index in [0.717, 1.165) is 30.7 Å². The van der Waals surface area contributed by atoms with Gasteiger partial charge in [-0.05, 0) is 55.4 Å². The minimum absolute atomic E-state index is 0.0942. The lowest BCUT2D eigenvalue weighted by Gasteiger charge is -2.35. The molecule has 28 heavy (non-hydrogen) atoms. The van der Waals surface area contributed by atoms with Crippen molar-refractivity contribution in [3.63, 3.8) is 0 Å². The minimum Gasteiger partial charge on any atom is -0.340 e. The number of halogens is 1. The van der Waals surface area contributed by atoms with Crippen LogP contribution in [0.4, 0.5) is 0 Å². The Hall–Kier alpha value is -1.99. The maximum absolute atomic E-state index is 13.0. The molecule has 1 aliphatic heterocycles. The number of rotatable bonds is 5. The summed E-state index contributed by atoms with van der Waals surface area (Å²) in [5.41, 5.74) is 0.509. The lowest BCUT2D eigenvalue weighted by molar-refractivity contribution is -0.130. The summed E-state index contributed by atoms with van der Waals surface area (Å²) < 4.78 is 2.02. The van der Waals surface area contributed by atoms with Gasteiger partial charge >= 0.3 is 0 Å². The third-order valence-electron chi connectivity index (χ3n) is 6.34. The SMILES string of the molecule is CN(C)C1(c2nnnn2C2CCCC2)CCN(C(=O)Cc2ccccc2Cl)C1. The largest absolute Gasteiger partial charge is 0.340 e. The van der Waals surface area contributed by atoms with E-state index in [9.17, 15) is 4.79 Å². The Balaban J connectivity index is 1.56. The van der Waals surface area contributed by atoms with E-state index in [1.165, 1.54) is 12.8 Å². The summed E-state index contributed by atoms with van der Waals surface area (Å²) >= 11 is 6.25. The molecule has 1 aliphatic carbocycles. The molecule has 1 aromatic heterocycles. The number of nitrogens with zero attached hydrogens (tertiary/aromatic N) is 6. The maximum Gasteiger partial charge on any atom is 0.227 e. The number of benzene rings is 1. The fraction of sp³-hybridized carbons (Fsp3) is 0.600. The maximum atomic E-state index is 13.0. The third kappa shape index (κ3) is 3.42. The van der Waals surface area contributed by atoms with Crippen molar-refractivity contribution in [1.29, 1.82) is 0 Å². The molecular weight excluding hydrogens is 376 g/mol. The van der Waals surface area contributed by atoms with Crippen LogP contribution < -0.4 is 0 Å². The van der Waals surface area contributed by atoms with Gasteiger partial charge in [-0.3, -0.25) is 9.69 Å². The summed E-state index contributed by atoms with van der Waals surface area (Å²) in [5, 5.41) is 13.4. The molecule has 2 fully saturated rings. The molecule has 1 amide bonds. The van der Waals surface area contributed by atoms with Gasteiger partial charge in [-0.15, -0.1) is 5.10 Å². The number of aromatic nitrogens is 4. The Labute approximate surface area is 170 Å². The first kappa shape index (κ1) is 19.3. The number of amides is 1. The zero-order valence-corrected chi connectivity index (χ0v) is 17.3. The monoisotopic (exact) mass is 402 g/mol. The van der Waals surface area contributed by atoms with Crippen molar-refractivity contribution in [2.75, 3.05) is 27.2 Å². The molecule has 1 atom stereocenters. The van der Waals surface area contributed by atoms with Gasteiger partial charge in [0.1, 0.15) is 5.54 Å². The Bertz CT molecular complexity index is 847. The summed E-state index contributed by atoms with van der Waals surface area (Å²) in [5.74, 6) is 0.981. The molecule has 4 rings (SSSR count). The van der Waals surface area contributed by atoms with E-state index >= 15 is 0 Å². The van der Waals surface area contributed by atoms with Gasteiger partial charge in [0.2, 0.25) is 5.91 Å². The van der Waals surface area contributed by atoms with Crippen LogP contribution in [-0.4, -0.2) is 63.1 Å². The van der Waals surface area contributed by atoms with Crippen LogP contribution in [-0.2, 0) is 16.8 Å². The molecule has 7 nitrogen and oxygen atoms in total. The summed E-state index contributed by atoms with van der Waals surface area (Å²) in [4.78, 5) is 17.1. The van der Waals surface area contributed by atoms with Crippen LogP contribution in [0.15, 0.2) is 24.3 Å². The highest BCUT2D eigenvalue weighted by atomic mass is 35.5. The van der Waals surface area contributed by atoms with Crippen LogP contribution in [0.5, 0.6) is 0 Å². The lowest BCUT2D eigenvalue weighted by atomic mass is 9.95. The van der Waals surface area contributed by atoms with Gasteiger partial charge in [0.25, 0.3) is 0 Å². The summed E-state index contributed by atoms with van der Waals surface area (Å²) in [6.07, 6.45) is 5.83. The average molecular weight is 403 g/mol. The molecule has 150 valence electrons. The summed E-state index contributed by atoms with van der Waals surface area (Å²) in [6, 6.07) is 7.91. The molecule has 2 aliphatic rings. The number of likely N-dealkylation sites (tertiary alicyclic amines) is 1. The molecule has 0 radical (unpaired) electrons. The second kappa shape index (κ2) is 7.79. The van der Waals surface area contributed by atoms with Crippen LogP contribution in [0, 0.1) is 0 Å². The number of likely N-dealkylation sites (N-methyl/N-ethyl adjacent to an activating group) is 1. The van der Waals surface area contributed by atoms with Crippen molar-refractivity contribution in [2.45, 2.75) is 50.1 Å². The zero-order valence-electron chi connectivity index (χ0n) is 16.5. The molecule has 1 saturated carbocycles. The van der Waals surface area contributed by atoms with Crippen molar-refractivity contribution >= 4 is 17.5 Å². The molecule has 8 heteroatoms. The van der Waals surface area contributed by atoms with E-state index in [-0.39, 0.29) is 11.4 Å². The molecule has 0 bridgehead atoms. The number of tetrazole rings is 1. The van der Waals surface area contributed by atoms with Gasteiger partial charge in [0, 0.05) is 18.1 Å². The highest BCUT2D eigenvalue weighted by Gasteiger charge is 2.47. The fourth-order valence-corrected chi connectivity index (χ4v) is 4.77. The van der Waals surface area contributed by atoms with Crippen LogP contribution in [0.1, 0.15) is 49.5 Å². The van der Waals surface area contributed by atoms with E-state index in [1.807, 2.05) is 33.8 Å². The van der Waals surface area contributed by atoms with Crippen molar-refractivity contribution in [1.82, 2.24) is 30.0 Å². The second-order valence-electron chi connectivity index (χ2n) is 8.14. The number of carbonyl (C=O) groups is 1. The summed E-state index contributed by atoms with van der Waals surface area (Å²) in [7, 11) is 4.10. The molecule has 2 aromatic rings. The molecule has 1 unspecified atom stereocenters. The van der Waals surface area contributed by atoms with Gasteiger partial charge in [-0.2, -0.15) is 0 Å². The Morgan fingerprint density at radius 1 is 1.29 bits per heavy atom. The quantitative estimate of drug-likeness (QED) is 0.769. The van der Waals surface area contributed by atoms with E-state index < -0.39 is 0 Å². The van der Waals surface area contributed by atoms with Gasteiger partial charge in [-0.1, -0.05) is 42.6 Å². The first-order valence-corrected chi connectivity index (χ1v) is 10.4. The van der Waals surface area contributed by atoms with E-state index in [0.29, 0.717) is 30.6 Å². The number of hydrogen-bond donors (Lipinski definition) is 0. The van der Waals surface area contributed by atoms with Crippen molar-refractivity contribution < 1.29 is 4.79 Å². The second-order valence-corrected chi connectivity index (χ2v) is 8.55. The average Bonchev–Trinajstić information content (AvgIpc) is 3.42. The van der Waals surface area contributed by atoms with E-state index in [1.54, 1.807) is 0 Å². The standard InChI is InChI=1S/C20H27ClN6O/c1-25(2)20(19-22-23-24-27(19)16-8-4-5-9-16)11-12-26(14-20)18(28)13-15-7-3-6-10-17(15)21/h3,6-7,10,16H,4-5,8-9,11-14H2,1-2H3. The zero-order chi connectivity index (χ0) is 19.7. The smallest absolute Gasteiger partial charge is 0.227 e. The molecular formula is C20H27ClN6O. The lowest BCUT2D eigenvalue weighted by Crippen LogP contribution is -2.47. The molecule has 0 N–H and O–H groups in total. The van der Waals surface area contributed by atoms with Crippen molar-refractivity contribution in [3.8, 4) is 0 Å². The van der Waals surface area contributed by atoms with Gasteiger partial charge in [0.05, 0.1) is 12.5 Å². The van der Waals surface area contributed by atoms with Crippen LogP contribution in [0.2, 0.25) is 5.02 Å². The Kier molecular flexibility index (Phi) is 5.38. The van der Waals surface area contributed by atoms with Crippen LogP contribution in [0.25, 0.3) is 0 Å². The van der Waals surface area contributed by atoms with Gasteiger partial charge in [-0.25, -0.2) is 4.68 Å². The van der Waals surface area contributed by atoms with E-state index in [2.05, 4.69) is 34.5 Å². The minimum atomic E-state index is -0.359. The third-order valence-corrected chi connectivity index (χ3v) is 6.70. The van der Waals surface area contributed by atoms with Gasteiger partial charge in [0.15, 0.2) is 5.82 Å². The first-order valence-electron chi connectivity index (χ1n) is 9.98. The molecule has 1 saturated heterocycles. The molecule has 0 spiro atoms. The fourth-order valence-electron chi connectivity index (χ4n) is 4.57. The summed E-state index contributed by atoms with van der Waals surface area (Å²) in [6.45, 7) is 1.29. The highest BCUT2D eigenvalue weighted by Crippen LogP contribution is 2.38.